The number of hydrogen-bond acceptors (Lipinski definition) is 4. The zero-order chi connectivity index (χ0) is 11.5. The van der Waals surface area contributed by atoms with Crippen molar-refractivity contribution in [2.75, 3.05) is 20.2 Å². The summed E-state index contributed by atoms with van der Waals surface area (Å²) in [5, 5.41) is 9.88. The Morgan fingerprint density at radius 2 is 2.12 bits per heavy atom. The van der Waals surface area contributed by atoms with Gasteiger partial charge in [0.1, 0.15) is 6.04 Å². The van der Waals surface area contributed by atoms with Crippen LogP contribution in [0.1, 0.15) is 32.1 Å². The summed E-state index contributed by atoms with van der Waals surface area (Å²) in [7, 11) is 1.44. The molecule has 0 aromatic rings. The van der Waals surface area contributed by atoms with Crippen LogP contribution in [0.4, 0.5) is 0 Å². The molecule has 4 nitrogen and oxygen atoms in total. The monoisotopic (exact) mass is 227 g/mol. The smallest absolute Gasteiger partial charge is 0.323 e. The minimum Gasteiger partial charge on any atom is -0.468 e. The van der Waals surface area contributed by atoms with Gasteiger partial charge in [0.05, 0.1) is 13.2 Å². The molecule has 2 rings (SSSR count). The molecule has 0 radical (unpaired) electrons. The second-order valence-electron chi connectivity index (χ2n) is 4.93. The maximum atomic E-state index is 11.4. The van der Waals surface area contributed by atoms with Gasteiger partial charge in [0, 0.05) is 13.1 Å². The first-order valence-corrected chi connectivity index (χ1v) is 6.22. The molecule has 0 bridgehead atoms. The Morgan fingerprint density at radius 1 is 1.38 bits per heavy atom. The molecule has 1 aliphatic carbocycles. The van der Waals surface area contributed by atoms with Gasteiger partial charge >= 0.3 is 5.97 Å². The van der Waals surface area contributed by atoms with Gasteiger partial charge in [-0.25, -0.2) is 0 Å². The maximum absolute atomic E-state index is 11.4. The molecule has 3 atom stereocenters. The van der Waals surface area contributed by atoms with Gasteiger partial charge in [-0.3, -0.25) is 9.69 Å². The number of aliphatic hydroxyl groups excluding tert-OH is 1. The summed E-state index contributed by atoms with van der Waals surface area (Å²) in [5.74, 6) is 0.220. The number of rotatable bonds is 3. The number of carbonyl (C=O) groups excluding carboxylic acids is 1. The molecule has 16 heavy (non-hydrogen) atoms. The van der Waals surface area contributed by atoms with Crippen LogP contribution in [-0.4, -0.2) is 48.3 Å². The third kappa shape index (κ3) is 2.38. The van der Waals surface area contributed by atoms with E-state index in [-0.39, 0.29) is 18.1 Å². The lowest BCUT2D eigenvalue weighted by molar-refractivity contribution is -0.153. The van der Waals surface area contributed by atoms with E-state index >= 15 is 0 Å². The van der Waals surface area contributed by atoms with Crippen LogP contribution in [0, 0.1) is 5.92 Å². The standard InChI is InChI=1S/C12H21NO3/c1-16-12(15)10-6-7-13(10)8-9-4-2-3-5-11(9)14/h9-11,14H,2-8H2,1H3. The molecular weight excluding hydrogens is 206 g/mol. The summed E-state index contributed by atoms with van der Waals surface area (Å²) in [6.45, 7) is 1.81. The highest BCUT2D eigenvalue weighted by molar-refractivity contribution is 5.76. The van der Waals surface area contributed by atoms with Gasteiger partial charge in [0.15, 0.2) is 0 Å². The molecule has 2 fully saturated rings. The summed E-state index contributed by atoms with van der Waals surface area (Å²) < 4.78 is 4.76. The van der Waals surface area contributed by atoms with Gasteiger partial charge in [0.2, 0.25) is 0 Å². The van der Waals surface area contributed by atoms with E-state index in [1.54, 1.807) is 0 Å². The maximum Gasteiger partial charge on any atom is 0.323 e. The van der Waals surface area contributed by atoms with E-state index in [2.05, 4.69) is 4.90 Å². The summed E-state index contributed by atoms with van der Waals surface area (Å²) in [6.07, 6.45) is 5.08. The molecule has 1 N–H and O–H groups in total. The van der Waals surface area contributed by atoms with E-state index in [0.29, 0.717) is 5.92 Å². The van der Waals surface area contributed by atoms with Crippen molar-refractivity contribution in [3.8, 4) is 0 Å². The van der Waals surface area contributed by atoms with Gasteiger partial charge in [-0.15, -0.1) is 0 Å². The molecule has 2 aliphatic rings. The van der Waals surface area contributed by atoms with Crippen molar-refractivity contribution in [1.29, 1.82) is 0 Å². The first-order valence-electron chi connectivity index (χ1n) is 6.22. The lowest BCUT2D eigenvalue weighted by Gasteiger charge is -2.42. The van der Waals surface area contributed by atoms with Crippen molar-refractivity contribution < 1.29 is 14.6 Å². The van der Waals surface area contributed by atoms with Crippen molar-refractivity contribution in [3.05, 3.63) is 0 Å². The fourth-order valence-corrected chi connectivity index (χ4v) is 2.76. The second kappa shape index (κ2) is 5.15. The number of likely N-dealkylation sites (tertiary alicyclic amines) is 1. The van der Waals surface area contributed by atoms with Crippen LogP contribution in [0.25, 0.3) is 0 Å². The molecule has 3 unspecified atom stereocenters. The Morgan fingerprint density at radius 3 is 2.69 bits per heavy atom. The molecular formula is C12H21NO3. The third-order valence-corrected chi connectivity index (χ3v) is 3.94. The summed E-state index contributed by atoms with van der Waals surface area (Å²) in [4.78, 5) is 13.5. The second-order valence-corrected chi connectivity index (χ2v) is 4.93. The van der Waals surface area contributed by atoms with Crippen LogP contribution in [0.5, 0.6) is 0 Å². The van der Waals surface area contributed by atoms with Gasteiger partial charge < -0.3 is 9.84 Å². The average molecular weight is 227 g/mol. The molecule has 1 saturated carbocycles. The Balaban J connectivity index is 1.82. The Bertz CT molecular complexity index is 257. The van der Waals surface area contributed by atoms with Crippen molar-refractivity contribution >= 4 is 5.97 Å². The van der Waals surface area contributed by atoms with Crippen molar-refractivity contribution in [2.45, 2.75) is 44.2 Å². The predicted octanol–water partition coefficient (Wildman–Crippen LogP) is 0.785. The largest absolute Gasteiger partial charge is 0.468 e. The third-order valence-electron chi connectivity index (χ3n) is 3.94. The number of carbonyl (C=O) groups is 1. The van der Waals surface area contributed by atoms with E-state index in [9.17, 15) is 9.90 Å². The van der Waals surface area contributed by atoms with Crippen LogP contribution >= 0.6 is 0 Å². The number of methoxy groups -OCH3 is 1. The molecule has 0 spiro atoms. The van der Waals surface area contributed by atoms with Crippen molar-refractivity contribution in [3.63, 3.8) is 0 Å². The van der Waals surface area contributed by atoms with Crippen LogP contribution in [-0.2, 0) is 9.53 Å². The molecule has 0 aromatic heterocycles. The van der Waals surface area contributed by atoms with E-state index in [1.807, 2.05) is 0 Å². The van der Waals surface area contributed by atoms with Crippen molar-refractivity contribution in [2.24, 2.45) is 5.92 Å². The van der Waals surface area contributed by atoms with Crippen molar-refractivity contribution in [1.82, 2.24) is 4.90 Å². The molecule has 4 heteroatoms. The number of hydrogen-bond donors (Lipinski definition) is 1. The number of esters is 1. The molecule has 0 amide bonds. The van der Waals surface area contributed by atoms with E-state index < -0.39 is 0 Å². The fourth-order valence-electron chi connectivity index (χ4n) is 2.76. The quantitative estimate of drug-likeness (QED) is 0.724. The van der Waals surface area contributed by atoms with E-state index in [4.69, 9.17) is 4.74 Å². The highest BCUT2D eigenvalue weighted by atomic mass is 16.5. The van der Waals surface area contributed by atoms with Crippen LogP contribution in [0.3, 0.4) is 0 Å². The average Bonchev–Trinajstić information content (AvgIpc) is 2.26. The Labute approximate surface area is 96.6 Å². The Hall–Kier alpha value is -0.610. The predicted molar refractivity (Wildman–Crippen MR) is 60.0 cm³/mol. The van der Waals surface area contributed by atoms with Gasteiger partial charge in [-0.1, -0.05) is 12.8 Å². The molecule has 1 aliphatic heterocycles. The van der Waals surface area contributed by atoms with Gasteiger partial charge in [-0.05, 0) is 25.2 Å². The topological polar surface area (TPSA) is 49.8 Å². The molecule has 1 saturated heterocycles. The van der Waals surface area contributed by atoms with Crippen LogP contribution in [0.2, 0.25) is 0 Å². The first kappa shape index (κ1) is 11.9. The number of aliphatic hydroxyl groups is 1. The minimum absolute atomic E-state index is 0.0564. The lowest BCUT2D eigenvalue weighted by atomic mass is 9.85. The summed E-state index contributed by atoms with van der Waals surface area (Å²) >= 11 is 0. The van der Waals surface area contributed by atoms with Crippen LogP contribution < -0.4 is 0 Å². The zero-order valence-electron chi connectivity index (χ0n) is 9.89. The van der Waals surface area contributed by atoms with E-state index in [1.165, 1.54) is 13.5 Å². The van der Waals surface area contributed by atoms with Gasteiger partial charge in [-0.2, -0.15) is 0 Å². The molecule has 0 aromatic carbocycles. The van der Waals surface area contributed by atoms with Gasteiger partial charge in [0.25, 0.3) is 0 Å². The summed E-state index contributed by atoms with van der Waals surface area (Å²) in [6, 6.07) is -0.0564. The first-order chi connectivity index (χ1) is 7.72. The normalized spacial score (nSPS) is 35.5. The lowest BCUT2D eigenvalue weighted by Crippen LogP contribution is -2.55. The highest BCUT2D eigenvalue weighted by Gasteiger charge is 2.37. The zero-order valence-corrected chi connectivity index (χ0v) is 9.89. The minimum atomic E-state index is -0.173. The SMILES string of the molecule is COC(=O)C1CCN1CC1CCCCC1O. The fraction of sp³-hybridized carbons (Fsp3) is 0.917. The number of nitrogens with zero attached hydrogens (tertiary/aromatic N) is 1. The number of ether oxygens (including phenoxy) is 1. The van der Waals surface area contributed by atoms with Crippen LogP contribution in [0.15, 0.2) is 0 Å². The summed E-state index contributed by atoms with van der Waals surface area (Å²) in [5.41, 5.74) is 0. The highest BCUT2D eigenvalue weighted by Crippen LogP contribution is 2.28. The Kier molecular flexibility index (Phi) is 3.82. The molecule has 1 heterocycles. The van der Waals surface area contributed by atoms with E-state index in [0.717, 1.165) is 38.8 Å². The molecule has 92 valence electrons.